The fourth-order valence-corrected chi connectivity index (χ4v) is 4.17. The van der Waals surface area contributed by atoms with Crippen LogP contribution in [0.2, 0.25) is 0 Å². The van der Waals surface area contributed by atoms with Gasteiger partial charge in [0, 0.05) is 39.1 Å². The molecule has 156 valence electrons. The van der Waals surface area contributed by atoms with Crippen molar-refractivity contribution in [1.29, 1.82) is 0 Å². The molecule has 3 heterocycles. The maximum absolute atomic E-state index is 14.3. The Labute approximate surface area is 172 Å². The Morgan fingerprint density at radius 1 is 1.14 bits per heavy atom. The van der Waals surface area contributed by atoms with Gasteiger partial charge in [-0.15, -0.1) is 0 Å². The van der Waals surface area contributed by atoms with Crippen molar-refractivity contribution in [2.45, 2.75) is 46.6 Å². The van der Waals surface area contributed by atoms with Crippen molar-refractivity contribution in [2.75, 3.05) is 31.1 Å². The minimum absolute atomic E-state index is 0.215. The molecular weight excluding hydrogens is 367 g/mol. The Morgan fingerprint density at radius 2 is 1.90 bits per heavy atom. The molecule has 0 unspecified atom stereocenters. The van der Waals surface area contributed by atoms with E-state index in [1.165, 1.54) is 6.07 Å². The van der Waals surface area contributed by atoms with Crippen LogP contribution in [0.1, 0.15) is 44.9 Å². The number of hydrogen-bond acceptors (Lipinski definition) is 5. The highest BCUT2D eigenvalue weighted by Gasteiger charge is 2.27. The normalized spacial score (nSPS) is 18.2. The molecule has 0 atom stereocenters. The molecule has 0 radical (unpaired) electrons. The van der Waals surface area contributed by atoms with Gasteiger partial charge in [-0.25, -0.2) is 9.37 Å². The summed E-state index contributed by atoms with van der Waals surface area (Å²) in [6, 6.07) is 6.52. The van der Waals surface area contributed by atoms with Crippen LogP contribution in [0.25, 0.3) is 0 Å². The number of rotatable bonds is 5. The van der Waals surface area contributed by atoms with Crippen LogP contribution in [0, 0.1) is 17.7 Å². The van der Waals surface area contributed by atoms with Gasteiger partial charge < -0.3 is 9.64 Å². The van der Waals surface area contributed by atoms with Crippen molar-refractivity contribution in [1.82, 2.24) is 14.9 Å². The lowest BCUT2D eigenvalue weighted by molar-refractivity contribution is 0.220. The molecule has 0 saturated carbocycles. The zero-order chi connectivity index (χ0) is 20.4. The number of fused-ring (bicyclic) bond motifs is 1. The first-order valence-electron chi connectivity index (χ1n) is 10.8. The number of halogens is 1. The molecule has 2 aromatic rings. The monoisotopic (exact) mass is 398 g/mol. The second-order valence-corrected chi connectivity index (χ2v) is 8.84. The number of anilines is 1. The van der Waals surface area contributed by atoms with Crippen molar-refractivity contribution in [2.24, 2.45) is 11.8 Å². The fraction of sp³-hybridized carbons (Fsp3) is 0.565. The van der Waals surface area contributed by atoms with E-state index >= 15 is 0 Å². The van der Waals surface area contributed by atoms with Crippen molar-refractivity contribution >= 4 is 5.95 Å². The number of piperidine rings is 1. The minimum Gasteiger partial charge on any atom is -0.435 e. The summed E-state index contributed by atoms with van der Waals surface area (Å²) in [6.07, 6.45) is 3.16. The topological polar surface area (TPSA) is 41.5 Å². The fourth-order valence-electron chi connectivity index (χ4n) is 4.17. The SMILES string of the molecule is CC(C)CN1CCc2nc(N3CCC(C)CC3)nc(Oc3ccccc3F)c2C1. The highest BCUT2D eigenvalue weighted by molar-refractivity contribution is 5.44. The second-order valence-electron chi connectivity index (χ2n) is 8.84. The van der Waals surface area contributed by atoms with Gasteiger partial charge in [-0.2, -0.15) is 4.98 Å². The molecule has 2 aliphatic rings. The average molecular weight is 399 g/mol. The molecule has 1 aromatic carbocycles. The van der Waals surface area contributed by atoms with Gasteiger partial charge >= 0.3 is 0 Å². The van der Waals surface area contributed by atoms with Crippen LogP contribution in [-0.2, 0) is 13.0 Å². The Balaban J connectivity index is 1.67. The summed E-state index contributed by atoms with van der Waals surface area (Å²) in [6.45, 7) is 11.4. The standard InChI is InChI=1S/C23H31FN4O/c1-16(2)14-27-11-10-20-18(15-27)22(29-21-7-5-4-6-19(21)24)26-23(25-20)28-12-8-17(3)9-13-28/h4-7,16-17H,8-15H2,1-3H3. The highest BCUT2D eigenvalue weighted by atomic mass is 19.1. The molecular formula is C23H31FN4O. The number of nitrogens with zero attached hydrogens (tertiary/aromatic N) is 4. The van der Waals surface area contributed by atoms with Crippen LogP contribution in [0.15, 0.2) is 24.3 Å². The third kappa shape index (κ3) is 4.69. The van der Waals surface area contributed by atoms with Crippen molar-refractivity contribution in [3.63, 3.8) is 0 Å². The van der Waals surface area contributed by atoms with E-state index in [1.54, 1.807) is 18.2 Å². The van der Waals surface area contributed by atoms with Gasteiger partial charge in [-0.3, -0.25) is 4.90 Å². The molecule has 0 aliphatic carbocycles. The summed E-state index contributed by atoms with van der Waals surface area (Å²) >= 11 is 0. The van der Waals surface area contributed by atoms with Crippen LogP contribution in [0.5, 0.6) is 11.6 Å². The zero-order valence-electron chi connectivity index (χ0n) is 17.7. The summed E-state index contributed by atoms with van der Waals surface area (Å²) in [7, 11) is 0. The van der Waals surface area contributed by atoms with Crippen molar-refractivity contribution in [3.8, 4) is 11.6 Å². The van der Waals surface area contributed by atoms with E-state index in [2.05, 4.69) is 30.6 Å². The summed E-state index contributed by atoms with van der Waals surface area (Å²) < 4.78 is 20.3. The average Bonchev–Trinajstić information content (AvgIpc) is 2.70. The largest absolute Gasteiger partial charge is 0.435 e. The molecule has 1 saturated heterocycles. The first-order chi connectivity index (χ1) is 14.0. The van der Waals surface area contributed by atoms with E-state index < -0.39 is 0 Å². The van der Waals surface area contributed by atoms with Crippen molar-refractivity contribution in [3.05, 3.63) is 41.3 Å². The van der Waals surface area contributed by atoms with E-state index in [9.17, 15) is 4.39 Å². The molecule has 2 aliphatic heterocycles. The summed E-state index contributed by atoms with van der Waals surface area (Å²) in [5.74, 6) is 2.39. The van der Waals surface area contributed by atoms with Gasteiger partial charge in [0.1, 0.15) is 0 Å². The molecule has 0 bridgehead atoms. The lowest BCUT2D eigenvalue weighted by Crippen LogP contribution is -2.37. The molecule has 0 N–H and O–H groups in total. The summed E-state index contributed by atoms with van der Waals surface area (Å²) in [4.78, 5) is 14.4. The van der Waals surface area contributed by atoms with Gasteiger partial charge in [0.2, 0.25) is 11.8 Å². The van der Waals surface area contributed by atoms with Crippen molar-refractivity contribution < 1.29 is 9.13 Å². The second kappa shape index (κ2) is 8.66. The number of hydrogen-bond donors (Lipinski definition) is 0. The zero-order valence-corrected chi connectivity index (χ0v) is 17.7. The number of ether oxygens (including phenoxy) is 1. The number of benzene rings is 1. The van der Waals surface area contributed by atoms with E-state index in [0.717, 1.165) is 75.1 Å². The molecule has 1 aromatic heterocycles. The molecule has 29 heavy (non-hydrogen) atoms. The lowest BCUT2D eigenvalue weighted by Gasteiger charge is -2.33. The van der Waals surface area contributed by atoms with E-state index in [0.29, 0.717) is 11.8 Å². The molecule has 6 heteroatoms. The third-order valence-corrected chi connectivity index (χ3v) is 5.82. The first kappa shape index (κ1) is 20.1. The van der Waals surface area contributed by atoms with Gasteiger partial charge in [0.05, 0.1) is 11.3 Å². The maximum Gasteiger partial charge on any atom is 0.229 e. The Kier molecular flexibility index (Phi) is 5.99. The number of aromatic nitrogens is 2. The first-order valence-corrected chi connectivity index (χ1v) is 10.8. The molecule has 0 amide bonds. The van der Waals surface area contributed by atoms with Crippen LogP contribution in [0.3, 0.4) is 0 Å². The van der Waals surface area contributed by atoms with E-state index in [1.807, 2.05) is 0 Å². The predicted octanol–water partition coefficient (Wildman–Crippen LogP) is 4.66. The molecule has 1 fully saturated rings. The number of para-hydroxylation sites is 1. The highest BCUT2D eigenvalue weighted by Crippen LogP contribution is 2.33. The predicted molar refractivity (Wildman–Crippen MR) is 113 cm³/mol. The molecule has 4 rings (SSSR count). The van der Waals surface area contributed by atoms with Crippen LogP contribution < -0.4 is 9.64 Å². The summed E-state index contributed by atoms with van der Waals surface area (Å²) in [5.41, 5.74) is 2.04. The van der Waals surface area contributed by atoms with Gasteiger partial charge in [-0.1, -0.05) is 32.9 Å². The molecule has 5 nitrogen and oxygen atoms in total. The quantitative estimate of drug-likeness (QED) is 0.733. The van der Waals surface area contributed by atoms with Gasteiger partial charge in [-0.05, 0) is 36.8 Å². The van der Waals surface area contributed by atoms with Gasteiger partial charge in [0.25, 0.3) is 0 Å². The Hall–Kier alpha value is -2.21. The smallest absolute Gasteiger partial charge is 0.229 e. The van der Waals surface area contributed by atoms with Crippen LogP contribution >= 0.6 is 0 Å². The van der Waals surface area contributed by atoms with Crippen LogP contribution in [0.4, 0.5) is 10.3 Å². The van der Waals surface area contributed by atoms with E-state index in [4.69, 9.17) is 14.7 Å². The molecule has 0 spiro atoms. The third-order valence-electron chi connectivity index (χ3n) is 5.82. The Bertz CT molecular complexity index is 849. The van der Waals surface area contributed by atoms with Crippen LogP contribution in [-0.4, -0.2) is 41.0 Å². The maximum atomic E-state index is 14.3. The Morgan fingerprint density at radius 3 is 2.62 bits per heavy atom. The lowest BCUT2D eigenvalue weighted by atomic mass is 9.99. The van der Waals surface area contributed by atoms with Gasteiger partial charge in [0.15, 0.2) is 11.6 Å². The van der Waals surface area contributed by atoms with E-state index in [-0.39, 0.29) is 11.6 Å². The minimum atomic E-state index is -0.372. The summed E-state index contributed by atoms with van der Waals surface area (Å²) in [5, 5.41) is 0.